The van der Waals surface area contributed by atoms with Crippen LogP contribution in [0.25, 0.3) is 11.3 Å². The summed E-state index contributed by atoms with van der Waals surface area (Å²) < 4.78 is 2.84. The molecule has 1 amide bonds. The summed E-state index contributed by atoms with van der Waals surface area (Å²) in [6, 6.07) is 9.74. The van der Waals surface area contributed by atoms with Crippen LogP contribution in [0.4, 0.5) is 0 Å². The first-order valence-corrected chi connectivity index (χ1v) is 10.8. The van der Waals surface area contributed by atoms with E-state index in [4.69, 9.17) is 0 Å². The number of aromatic nitrogens is 5. The van der Waals surface area contributed by atoms with Crippen LogP contribution in [0.5, 0.6) is 0 Å². The first-order chi connectivity index (χ1) is 15.4. The Bertz CT molecular complexity index is 1210. The minimum absolute atomic E-state index is 0.116. The highest BCUT2D eigenvalue weighted by molar-refractivity contribution is 5.92. The van der Waals surface area contributed by atoms with Gasteiger partial charge in [-0.15, -0.1) is 0 Å². The van der Waals surface area contributed by atoms with Crippen LogP contribution in [0.15, 0.2) is 58.4 Å². The molecule has 1 aliphatic heterocycles. The standard InChI is InChI=1S/C23H26N6O3/c1-16(2)29-22(31)6-4-20(26-29)23(32)27-13-9-17(10-14-27)15-28-21(30)5-3-19(25-28)18-7-11-24-12-8-18/h3-8,11-12,16-17H,9-10,13-15H2,1-2H3. The van der Waals surface area contributed by atoms with E-state index in [1.54, 1.807) is 23.4 Å². The van der Waals surface area contributed by atoms with Crippen molar-refractivity contribution in [3.05, 3.63) is 75.2 Å². The Balaban J connectivity index is 1.41. The second kappa shape index (κ2) is 9.25. The van der Waals surface area contributed by atoms with E-state index in [1.165, 1.54) is 27.6 Å². The van der Waals surface area contributed by atoms with E-state index in [0.29, 0.717) is 19.6 Å². The number of hydrogen-bond donors (Lipinski definition) is 0. The van der Waals surface area contributed by atoms with Gasteiger partial charge in [-0.25, -0.2) is 9.36 Å². The van der Waals surface area contributed by atoms with Crippen molar-refractivity contribution in [2.45, 2.75) is 39.3 Å². The fraction of sp³-hybridized carbons (Fsp3) is 0.391. The van der Waals surface area contributed by atoms with Gasteiger partial charge in [0, 0.05) is 49.7 Å². The quantitative estimate of drug-likeness (QED) is 0.609. The molecule has 9 heteroatoms. The van der Waals surface area contributed by atoms with E-state index < -0.39 is 0 Å². The molecule has 1 fully saturated rings. The number of nitrogens with zero attached hydrogens (tertiary/aromatic N) is 6. The maximum absolute atomic E-state index is 12.9. The summed E-state index contributed by atoms with van der Waals surface area (Å²) in [5.41, 5.74) is 1.55. The fourth-order valence-electron chi connectivity index (χ4n) is 3.89. The number of pyridine rings is 1. The Morgan fingerprint density at radius 3 is 2.34 bits per heavy atom. The molecule has 4 heterocycles. The molecular formula is C23H26N6O3. The Morgan fingerprint density at radius 1 is 0.969 bits per heavy atom. The molecule has 0 spiro atoms. The van der Waals surface area contributed by atoms with Crippen LogP contribution in [-0.2, 0) is 6.54 Å². The number of carbonyl (C=O) groups is 1. The lowest BCUT2D eigenvalue weighted by atomic mass is 9.96. The van der Waals surface area contributed by atoms with Gasteiger partial charge in [0.2, 0.25) is 0 Å². The van der Waals surface area contributed by atoms with Crippen LogP contribution < -0.4 is 11.1 Å². The van der Waals surface area contributed by atoms with Crippen molar-refractivity contribution in [3.63, 3.8) is 0 Å². The molecule has 4 rings (SSSR count). The molecule has 3 aromatic heterocycles. The number of amides is 1. The fourth-order valence-corrected chi connectivity index (χ4v) is 3.89. The van der Waals surface area contributed by atoms with Gasteiger partial charge in [0.05, 0.1) is 11.7 Å². The third kappa shape index (κ3) is 4.66. The lowest BCUT2D eigenvalue weighted by Gasteiger charge is -2.32. The first kappa shape index (κ1) is 21.6. The molecular weight excluding hydrogens is 408 g/mol. The minimum atomic E-state index is -0.220. The topological polar surface area (TPSA) is 103 Å². The number of carbonyl (C=O) groups excluding carboxylic acids is 1. The van der Waals surface area contributed by atoms with Crippen LogP contribution in [0.3, 0.4) is 0 Å². The van der Waals surface area contributed by atoms with Gasteiger partial charge in [0.1, 0.15) is 5.69 Å². The Labute approximate surface area is 185 Å². The van der Waals surface area contributed by atoms with E-state index in [9.17, 15) is 14.4 Å². The highest BCUT2D eigenvalue weighted by Gasteiger charge is 2.25. The van der Waals surface area contributed by atoms with Crippen molar-refractivity contribution in [1.29, 1.82) is 0 Å². The number of likely N-dealkylation sites (tertiary alicyclic amines) is 1. The van der Waals surface area contributed by atoms with Crippen molar-refractivity contribution >= 4 is 5.91 Å². The third-order valence-corrected chi connectivity index (χ3v) is 5.71. The zero-order chi connectivity index (χ0) is 22.7. The molecule has 0 bridgehead atoms. The molecule has 0 atom stereocenters. The van der Waals surface area contributed by atoms with Gasteiger partial charge >= 0.3 is 0 Å². The SMILES string of the molecule is CC(C)n1nc(C(=O)N2CCC(Cn3nc(-c4ccncc4)ccc3=O)CC2)ccc1=O. The molecule has 0 aromatic carbocycles. The molecule has 0 aliphatic carbocycles. The zero-order valence-corrected chi connectivity index (χ0v) is 18.2. The van der Waals surface area contributed by atoms with E-state index in [0.717, 1.165) is 24.1 Å². The lowest BCUT2D eigenvalue weighted by molar-refractivity contribution is 0.0671. The third-order valence-electron chi connectivity index (χ3n) is 5.71. The molecule has 0 unspecified atom stereocenters. The molecule has 0 radical (unpaired) electrons. The van der Waals surface area contributed by atoms with Crippen LogP contribution >= 0.6 is 0 Å². The summed E-state index contributed by atoms with van der Waals surface area (Å²) in [5.74, 6) is 0.0716. The predicted molar refractivity (Wildman–Crippen MR) is 119 cm³/mol. The van der Waals surface area contributed by atoms with Crippen molar-refractivity contribution in [3.8, 4) is 11.3 Å². The first-order valence-electron chi connectivity index (χ1n) is 10.8. The van der Waals surface area contributed by atoms with Crippen molar-refractivity contribution in [1.82, 2.24) is 29.4 Å². The van der Waals surface area contributed by atoms with Gasteiger partial charge in [0.25, 0.3) is 17.0 Å². The zero-order valence-electron chi connectivity index (χ0n) is 18.2. The van der Waals surface area contributed by atoms with Gasteiger partial charge in [-0.1, -0.05) is 0 Å². The van der Waals surface area contributed by atoms with Crippen molar-refractivity contribution in [2.24, 2.45) is 5.92 Å². The molecule has 1 aliphatic rings. The molecule has 0 saturated carbocycles. The smallest absolute Gasteiger partial charge is 0.274 e. The van der Waals surface area contributed by atoms with Crippen LogP contribution in [0.2, 0.25) is 0 Å². The maximum atomic E-state index is 12.9. The summed E-state index contributed by atoms with van der Waals surface area (Å²) >= 11 is 0. The number of piperidine rings is 1. The number of hydrogen-bond acceptors (Lipinski definition) is 6. The summed E-state index contributed by atoms with van der Waals surface area (Å²) in [6.07, 6.45) is 4.93. The van der Waals surface area contributed by atoms with Crippen LogP contribution in [0, 0.1) is 5.92 Å². The van der Waals surface area contributed by atoms with Crippen LogP contribution in [-0.4, -0.2) is 48.4 Å². The second-order valence-electron chi connectivity index (χ2n) is 8.31. The Morgan fingerprint density at radius 2 is 1.66 bits per heavy atom. The summed E-state index contributed by atoms with van der Waals surface area (Å²) in [4.78, 5) is 42.9. The average molecular weight is 435 g/mol. The second-order valence-corrected chi connectivity index (χ2v) is 8.31. The van der Waals surface area contributed by atoms with Crippen LogP contribution in [0.1, 0.15) is 43.2 Å². The molecule has 9 nitrogen and oxygen atoms in total. The van der Waals surface area contributed by atoms with Gasteiger partial charge in [0.15, 0.2) is 0 Å². The summed E-state index contributed by atoms with van der Waals surface area (Å²) in [5, 5.41) is 8.76. The monoisotopic (exact) mass is 434 g/mol. The van der Waals surface area contributed by atoms with Gasteiger partial charge in [-0.2, -0.15) is 10.2 Å². The molecule has 3 aromatic rings. The minimum Gasteiger partial charge on any atom is -0.337 e. The summed E-state index contributed by atoms with van der Waals surface area (Å²) in [6.45, 7) is 5.37. The Hall–Kier alpha value is -3.62. The normalized spacial score (nSPS) is 14.7. The predicted octanol–water partition coefficient (Wildman–Crippen LogP) is 2.00. The Kier molecular flexibility index (Phi) is 6.25. The van der Waals surface area contributed by atoms with E-state index in [1.807, 2.05) is 26.0 Å². The number of rotatable bonds is 5. The molecule has 0 N–H and O–H groups in total. The maximum Gasteiger partial charge on any atom is 0.274 e. The molecule has 166 valence electrons. The summed E-state index contributed by atoms with van der Waals surface area (Å²) in [7, 11) is 0. The highest BCUT2D eigenvalue weighted by Crippen LogP contribution is 2.20. The van der Waals surface area contributed by atoms with Gasteiger partial charge < -0.3 is 4.90 Å². The van der Waals surface area contributed by atoms with Gasteiger partial charge in [-0.3, -0.25) is 19.4 Å². The average Bonchev–Trinajstić information content (AvgIpc) is 2.81. The largest absolute Gasteiger partial charge is 0.337 e. The highest BCUT2D eigenvalue weighted by atomic mass is 16.2. The molecule has 1 saturated heterocycles. The van der Waals surface area contributed by atoms with E-state index in [2.05, 4.69) is 15.2 Å². The lowest BCUT2D eigenvalue weighted by Crippen LogP contribution is -2.41. The van der Waals surface area contributed by atoms with E-state index in [-0.39, 0.29) is 34.7 Å². The van der Waals surface area contributed by atoms with Gasteiger partial charge in [-0.05, 0) is 56.9 Å². The van der Waals surface area contributed by atoms with Crippen molar-refractivity contribution < 1.29 is 4.79 Å². The van der Waals surface area contributed by atoms with Crippen molar-refractivity contribution in [2.75, 3.05) is 13.1 Å². The van der Waals surface area contributed by atoms with E-state index >= 15 is 0 Å². The molecule has 32 heavy (non-hydrogen) atoms.